The Kier molecular flexibility index (Phi) is 46.8. The number of aliphatic hydroxyl groups is 8. The maximum Gasteiger partial charge on any atom is 0.220 e. The van der Waals surface area contributed by atoms with Gasteiger partial charge in [-0.2, -0.15) is 0 Å². The predicted molar refractivity (Wildman–Crippen MR) is 336 cm³/mol. The molecule has 12 unspecified atom stereocenters. The van der Waals surface area contributed by atoms with Gasteiger partial charge in [-0.1, -0.05) is 204 Å². The normalized spacial score (nSPS) is 24.9. The molecule has 2 aliphatic heterocycles. The van der Waals surface area contributed by atoms with Gasteiger partial charge in [0.2, 0.25) is 5.91 Å². The van der Waals surface area contributed by atoms with E-state index in [0.717, 1.165) is 116 Å². The van der Waals surface area contributed by atoms with Crippen LogP contribution >= 0.6 is 0 Å². The zero-order valence-corrected chi connectivity index (χ0v) is 50.4. The van der Waals surface area contributed by atoms with Crippen LogP contribution in [0.1, 0.15) is 174 Å². The maximum atomic E-state index is 13.2. The summed E-state index contributed by atoms with van der Waals surface area (Å²) >= 11 is 0. The fourth-order valence-corrected chi connectivity index (χ4v) is 8.94. The van der Waals surface area contributed by atoms with Gasteiger partial charge < -0.3 is 65.1 Å². The van der Waals surface area contributed by atoms with Gasteiger partial charge >= 0.3 is 0 Å². The van der Waals surface area contributed by atoms with Crippen molar-refractivity contribution in [1.82, 2.24) is 5.32 Å². The van der Waals surface area contributed by atoms with E-state index in [1.54, 1.807) is 6.08 Å². The second-order valence-corrected chi connectivity index (χ2v) is 21.1. The van der Waals surface area contributed by atoms with E-state index in [1.807, 2.05) is 6.08 Å². The molecule has 9 N–H and O–H groups in total. The molecule has 2 saturated heterocycles. The lowest BCUT2D eigenvalue weighted by molar-refractivity contribution is -0.359. The van der Waals surface area contributed by atoms with E-state index in [-0.39, 0.29) is 18.9 Å². The molecule has 14 nitrogen and oxygen atoms in total. The van der Waals surface area contributed by atoms with Crippen molar-refractivity contribution in [1.29, 1.82) is 0 Å². The van der Waals surface area contributed by atoms with Crippen molar-refractivity contribution >= 4 is 5.91 Å². The van der Waals surface area contributed by atoms with Gasteiger partial charge in [0.05, 0.1) is 32.0 Å². The van der Waals surface area contributed by atoms with E-state index in [0.29, 0.717) is 12.8 Å². The number of nitrogens with one attached hydrogen (secondary N) is 1. The molecule has 83 heavy (non-hydrogen) atoms. The molecule has 2 aliphatic rings. The molecule has 2 fully saturated rings. The Morgan fingerprint density at radius 2 is 0.843 bits per heavy atom. The van der Waals surface area contributed by atoms with Gasteiger partial charge in [0.25, 0.3) is 0 Å². The van der Waals surface area contributed by atoms with Crippen molar-refractivity contribution < 1.29 is 64.6 Å². The summed E-state index contributed by atoms with van der Waals surface area (Å²) in [4.78, 5) is 13.2. The standard InChI is InChI=1S/C69H109NO13/c1-3-5-7-9-11-13-15-17-19-20-21-22-23-24-25-26-27-28-29-30-31-32-33-34-35-36-37-38-39-41-43-45-47-49-51-53-61(74)70-57(58(73)52-50-48-46-44-42-40-18-16-14-12-10-8-6-4-2)56-80-68-66(79)64(77)67(60(55-72)82-68)83-69-65(78)63(76)62(75)59(54-71)81-69/h5,7,11,13-14,16-17,19,21-22,24-25,27-28,30-31,33-34,36-37,39,41-42,44,50,52,57-60,62-69,71-73,75-79H,3-4,6,8-10,12,15,18,20,23,26,29,32,35,38,40,43,45-49,51,53-56H2,1-2H3,(H,70,74)/b7-5-,13-11-,16-14+,19-17-,22-21-,25-24-,28-27-,31-30-,34-33-,37-36-,41-39-,44-42+,52-50+. The zero-order valence-electron chi connectivity index (χ0n) is 50.4. The second kappa shape index (κ2) is 52.0. The van der Waals surface area contributed by atoms with Crippen molar-refractivity contribution in [3.63, 3.8) is 0 Å². The van der Waals surface area contributed by atoms with E-state index in [2.05, 4.69) is 165 Å². The van der Waals surface area contributed by atoms with Gasteiger partial charge in [0.15, 0.2) is 12.6 Å². The maximum absolute atomic E-state index is 13.2. The summed E-state index contributed by atoms with van der Waals surface area (Å²) in [6.07, 6.45) is 62.9. The first-order valence-corrected chi connectivity index (χ1v) is 31.2. The Bertz CT molecular complexity index is 2000. The first-order valence-electron chi connectivity index (χ1n) is 31.2. The summed E-state index contributed by atoms with van der Waals surface area (Å²) in [6, 6.07) is -0.964. The number of allylic oxidation sites excluding steroid dienone is 25. The highest BCUT2D eigenvalue weighted by atomic mass is 16.7. The van der Waals surface area contributed by atoms with Crippen LogP contribution < -0.4 is 5.32 Å². The van der Waals surface area contributed by atoms with Crippen LogP contribution in [-0.2, 0) is 23.7 Å². The Morgan fingerprint density at radius 3 is 1.31 bits per heavy atom. The Morgan fingerprint density at radius 1 is 0.446 bits per heavy atom. The molecule has 0 aliphatic carbocycles. The van der Waals surface area contributed by atoms with E-state index in [9.17, 15) is 45.6 Å². The molecule has 0 aromatic carbocycles. The molecular formula is C69H109NO13. The summed E-state index contributed by atoms with van der Waals surface area (Å²) in [5, 5.41) is 87.0. The van der Waals surface area contributed by atoms with E-state index < -0.39 is 86.8 Å². The quantitative estimate of drug-likeness (QED) is 0.0204. The van der Waals surface area contributed by atoms with Crippen LogP contribution in [0.3, 0.4) is 0 Å². The lowest BCUT2D eigenvalue weighted by Gasteiger charge is -2.46. The van der Waals surface area contributed by atoms with Crippen LogP contribution in [0.25, 0.3) is 0 Å². The average molecular weight is 1160 g/mol. The molecule has 0 bridgehead atoms. The minimum atomic E-state index is -1.80. The van der Waals surface area contributed by atoms with Gasteiger partial charge in [-0.3, -0.25) is 4.79 Å². The van der Waals surface area contributed by atoms with Crippen molar-refractivity contribution in [2.75, 3.05) is 19.8 Å². The summed E-state index contributed by atoms with van der Waals surface area (Å²) < 4.78 is 22.7. The number of unbranched alkanes of at least 4 members (excludes halogenated alkanes) is 10. The molecule has 468 valence electrons. The summed E-state index contributed by atoms with van der Waals surface area (Å²) in [7, 11) is 0. The topological polar surface area (TPSA) is 228 Å². The van der Waals surface area contributed by atoms with Crippen LogP contribution in [0, 0.1) is 0 Å². The molecule has 2 rings (SSSR count). The number of rotatable bonds is 47. The van der Waals surface area contributed by atoms with Crippen molar-refractivity contribution in [3.8, 4) is 0 Å². The Hall–Kier alpha value is -4.39. The molecule has 14 heteroatoms. The first kappa shape index (κ1) is 74.7. The largest absolute Gasteiger partial charge is 0.394 e. The van der Waals surface area contributed by atoms with Crippen LogP contribution in [0.4, 0.5) is 0 Å². The average Bonchev–Trinajstić information content (AvgIpc) is 3.64. The van der Waals surface area contributed by atoms with Gasteiger partial charge in [-0.15, -0.1) is 0 Å². The molecular weight excluding hydrogens is 1050 g/mol. The molecule has 2 heterocycles. The molecule has 0 saturated carbocycles. The Balaban J connectivity index is 1.72. The summed E-state index contributed by atoms with van der Waals surface area (Å²) in [5.41, 5.74) is 0. The molecule has 12 atom stereocenters. The lowest BCUT2D eigenvalue weighted by atomic mass is 9.97. The summed E-state index contributed by atoms with van der Waals surface area (Å²) in [6.45, 7) is 2.58. The highest BCUT2D eigenvalue weighted by Gasteiger charge is 2.51. The number of carbonyl (C=O) groups excluding carboxylic acids is 1. The number of aliphatic hydroxyl groups excluding tert-OH is 8. The number of amides is 1. The fraction of sp³-hybridized carbons (Fsp3) is 0.609. The van der Waals surface area contributed by atoms with Crippen molar-refractivity contribution in [3.05, 3.63) is 158 Å². The monoisotopic (exact) mass is 1160 g/mol. The third-order valence-corrected chi connectivity index (χ3v) is 13.9. The van der Waals surface area contributed by atoms with Gasteiger partial charge in [0, 0.05) is 6.42 Å². The fourth-order valence-electron chi connectivity index (χ4n) is 8.94. The number of hydrogen-bond acceptors (Lipinski definition) is 13. The minimum absolute atomic E-state index is 0.228. The summed E-state index contributed by atoms with van der Waals surface area (Å²) in [5.74, 6) is -0.287. The number of hydrogen-bond donors (Lipinski definition) is 9. The Labute approximate surface area is 499 Å². The molecule has 0 spiro atoms. The molecule has 0 aromatic heterocycles. The number of ether oxygens (including phenoxy) is 4. The predicted octanol–water partition coefficient (Wildman–Crippen LogP) is 11.5. The van der Waals surface area contributed by atoms with Crippen molar-refractivity contribution in [2.24, 2.45) is 0 Å². The molecule has 1 amide bonds. The number of carbonyl (C=O) groups is 1. The van der Waals surface area contributed by atoms with Gasteiger partial charge in [0.1, 0.15) is 48.8 Å². The first-order chi connectivity index (χ1) is 40.6. The lowest BCUT2D eigenvalue weighted by Crippen LogP contribution is -2.65. The third kappa shape index (κ3) is 36.9. The minimum Gasteiger partial charge on any atom is -0.394 e. The smallest absolute Gasteiger partial charge is 0.220 e. The van der Waals surface area contributed by atoms with Crippen LogP contribution in [-0.4, -0.2) is 140 Å². The van der Waals surface area contributed by atoms with Gasteiger partial charge in [-0.25, -0.2) is 0 Å². The van der Waals surface area contributed by atoms with Crippen molar-refractivity contribution in [2.45, 2.75) is 248 Å². The zero-order chi connectivity index (χ0) is 60.2. The van der Waals surface area contributed by atoms with Crippen LogP contribution in [0.15, 0.2) is 158 Å². The van der Waals surface area contributed by atoms with Crippen LogP contribution in [0.2, 0.25) is 0 Å². The van der Waals surface area contributed by atoms with E-state index in [1.165, 1.54) is 25.7 Å². The van der Waals surface area contributed by atoms with Gasteiger partial charge in [-0.05, 0) is 122 Å². The highest BCUT2D eigenvalue weighted by molar-refractivity contribution is 5.76. The van der Waals surface area contributed by atoms with E-state index in [4.69, 9.17) is 18.9 Å². The molecule has 0 radical (unpaired) electrons. The highest BCUT2D eigenvalue weighted by Crippen LogP contribution is 2.30. The van der Waals surface area contributed by atoms with E-state index >= 15 is 0 Å². The third-order valence-electron chi connectivity index (χ3n) is 13.9. The SMILES string of the molecule is CC/C=C\C/C=C\C/C=C\C/C=C\C/C=C\C/C=C\C/C=C\C/C=C\C/C=C\C/C=C\CCCCCCC(=O)NC(COC1OC(CO)C(OC2OC(CO)C(O)C(O)C2O)C(O)C1O)C(O)/C=C/CC/C=C/CC/C=C/CCCCCC. The second-order valence-electron chi connectivity index (χ2n) is 21.1. The molecule has 0 aromatic rings. The van der Waals surface area contributed by atoms with Crippen LogP contribution in [0.5, 0.6) is 0 Å².